The Morgan fingerprint density at radius 2 is 2.00 bits per heavy atom. The Hall–Kier alpha value is -1.86. The third kappa shape index (κ3) is 3.12. The summed E-state index contributed by atoms with van der Waals surface area (Å²) < 4.78 is 39.2. The summed E-state index contributed by atoms with van der Waals surface area (Å²) in [5, 5.41) is 0.323. The molecule has 1 aromatic carbocycles. The van der Waals surface area contributed by atoms with Crippen molar-refractivity contribution in [3.8, 4) is 0 Å². The molecule has 8 heteroatoms. The molecule has 100 valence electrons. The molecule has 0 aliphatic carbocycles. The lowest BCUT2D eigenvalue weighted by atomic mass is 10.3. The minimum atomic E-state index is -3.97. The molecule has 0 saturated heterocycles. The Labute approximate surface area is 114 Å². The van der Waals surface area contributed by atoms with E-state index in [1.807, 2.05) is 0 Å². The quantitative estimate of drug-likeness (QED) is 0.852. The van der Waals surface area contributed by atoms with Crippen molar-refractivity contribution in [2.75, 3.05) is 10.5 Å². The van der Waals surface area contributed by atoms with E-state index < -0.39 is 15.8 Å². The zero-order valence-corrected chi connectivity index (χ0v) is 11.0. The molecule has 0 aliphatic rings. The number of nitrogens with two attached hydrogens (primary N) is 1. The molecule has 0 bridgehead atoms. The summed E-state index contributed by atoms with van der Waals surface area (Å²) in [6, 6.07) is 5.21. The smallest absolute Gasteiger partial charge is 0.263 e. The molecule has 0 radical (unpaired) electrons. The zero-order valence-electron chi connectivity index (χ0n) is 9.47. The van der Waals surface area contributed by atoms with Crippen LogP contribution in [0.2, 0.25) is 5.02 Å². The largest absolute Gasteiger partial charge is 0.397 e. The summed E-state index contributed by atoms with van der Waals surface area (Å²) in [5.41, 5.74) is 5.96. The number of nitrogens with one attached hydrogen (secondary N) is 1. The van der Waals surface area contributed by atoms with E-state index in [9.17, 15) is 12.8 Å². The Balaban J connectivity index is 2.39. The zero-order chi connectivity index (χ0) is 14.0. The van der Waals surface area contributed by atoms with Gasteiger partial charge in [-0.1, -0.05) is 11.6 Å². The summed E-state index contributed by atoms with van der Waals surface area (Å²) in [5.74, 6) is -0.748. The fourth-order valence-corrected chi connectivity index (χ4v) is 2.58. The third-order valence-electron chi connectivity index (χ3n) is 2.25. The van der Waals surface area contributed by atoms with Crippen LogP contribution in [0.3, 0.4) is 0 Å². The minimum absolute atomic E-state index is 0.122. The molecule has 2 aromatic rings. The molecule has 5 nitrogen and oxygen atoms in total. The van der Waals surface area contributed by atoms with Gasteiger partial charge in [0.15, 0.2) is 0 Å². The van der Waals surface area contributed by atoms with Gasteiger partial charge < -0.3 is 5.73 Å². The second-order valence-electron chi connectivity index (χ2n) is 3.68. The van der Waals surface area contributed by atoms with Crippen molar-refractivity contribution >= 4 is 33.0 Å². The Morgan fingerprint density at radius 1 is 1.26 bits per heavy atom. The molecule has 0 spiro atoms. The van der Waals surface area contributed by atoms with Crippen molar-refractivity contribution in [3.05, 3.63) is 47.5 Å². The van der Waals surface area contributed by atoms with E-state index in [-0.39, 0.29) is 16.3 Å². The van der Waals surface area contributed by atoms with Crippen molar-refractivity contribution in [2.45, 2.75) is 4.90 Å². The number of hydrogen-bond acceptors (Lipinski definition) is 4. The first kappa shape index (κ1) is 13.6. The molecule has 3 N–H and O–H groups in total. The molecule has 0 atom stereocenters. The molecule has 1 heterocycles. The molecule has 0 aliphatic heterocycles. The molecule has 2 rings (SSSR count). The predicted molar refractivity (Wildman–Crippen MR) is 70.9 cm³/mol. The topological polar surface area (TPSA) is 85.1 Å². The van der Waals surface area contributed by atoms with Gasteiger partial charge in [-0.2, -0.15) is 0 Å². The first-order valence-corrected chi connectivity index (χ1v) is 6.93. The van der Waals surface area contributed by atoms with Gasteiger partial charge in [-0.15, -0.1) is 0 Å². The lowest BCUT2D eigenvalue weighted by Crippen LogP contribution is -2.14. The maximum Gasteiger partial charge on any atom is 0.263 e. The number of anilines is 2. The number of hydrogen-bond donors (Lipinski definition) is 2. The van der Waals surface area contributed by atoms with Gasteiger partial charge in [0.25, 0.3) is 10.0 Å². The van der Waals surface area contributed by atoms with Crippen molar-refractivity contribution in [2.24, 2.45) is 0 Å². The van der Waals surface area contributed by atoms with Crippen molar-refractivity contribution in [1.29, 1.82) is 0 Å². The van der Waals surface area contributed by atoms with E-state index in [0.29, 0.717) is 5.02 Å². The van der Waals surface area contributed by atoms with Crippen LogP contribution in [-0.4, -0.2) is 13.4 Å². The van der Waals surface area contributed by atoms with E-state index in [2.05, 4.69) is 9.71 Å². The van der Waals surface area contributed by atoms with E-state index in [1.54, 1.807) is 0 Å². The van der Waals surface area contributed by atoms with E-state index >= 15 is 0 Å². The number of rotatable bonds is 3. The van der Waals surface area contributed by atoms with Crippen LogP contribution >= 0.6 is 11.6 Å². The van der Waals surface area contributed by atoms with E-state index in [0.717, 1.165) is 18.5 Å². The van der Waals surface area contributed by atoms with Crippen LogP contribution in [0, 0.1) is 5.82 Å². The fraction of sp³-hybridized carbons (Fsp3) is 0. The van der Waals surface area contributed by atoms with Gasteiger partial charge in [0.2, 0.25) is 0 Å². The van der Waals surface area contributed by atoms with E-state index in [1.165, 1.54) is 18.2 Å². The maximum atomic E-state index is 13.0. The molecule has 19 heavy (non-hydrogen) atoms. The summed E-state index contributed by atoms with van der Waals surface area (Å²) >= 11 is 5.75. The number of benzene rings is 1. The average Bonchev–Trinajstić information content (AvgIpc) is 2.33. The molecule has 0 amide bonds. The van der Waals surface area contributed by atoms with Crippen LogP contribution in [-0.2, 0) is 10.0 Å². The predicted octanol–water partition coefficient (Wildman–Crippen LogP) is 2.26. The van der Waals surface area contributed by atoms with E-state index in [4.69, 9.17) is 17.3 Å². The highest BCUT2D eigenvalue weighted by molar-refractivity contribution is 7.92. The number of aromatic nitrogens is 1. The molecule has 0 saturated carbocycles. The summed E-state index contributed by atoms with van der Waals surface area (Å²) in [6.45, 7) is 0. The van der Waals surface area contributed by atoms with Crippen molar-refractivity contribution in [1.82, 2.24) is 4.98 Å². The lowest BCUT2D eigenvalue weighted by Gasteiger charge is -2.10. The lowest BCUT2D eigenvalue weighted by molar-refractivity contribution is 0.592. The molecular weight excluding hydrogens is 293 g/mol. The Kier molecular flexibility index (Phi) is 3.59. The second kappa shape index (κ2) is 5.02. The van der Waals surface area contributed by atoms with Gasteiger partial charge in [0.05, 0.1) is 17.6 Å². The van der Waals surface area contributed by atoms with Gasteiger partial charge in [-0.05, 0) is 24.3 Å². The second-order valence-corrected chi connectivity index (χ2v) is 5.79. The van der Waals surface area contributed by atoms with Crippen LogP contribution in [0.5, 0.6) is 0 Å². The van der Waals surface area contributed by atoms with Crippen molar-refractivity contribution in [3.63, 3.8) is 0 Å². The van der Waals surface area contributed by atoms with Crippen LogP contribution in [0.4, 0.5) is 15.8 Å². The van der Waals surface area contributed by atoms with Gasteiger partial charge >= 0.3 is 0 Å². The van der Waals surface area contributed by atoms with Crippen LogP contribution in [0.25, 0.3) is 0 Å². The summed E-state index contributed by atoms with van der Waals surface area (Å²) in [6.07, 6.45) is 1.94. The molecular formula is C11H9ClFN3O2S. The Morgan fingerprint density at radius 3 is 2.68 bits per heavy atom. The highest BCUT2D eigenvalue weighted by atomic mass is 35.5. The third-order valence-corrected chi connectivity index (χ3v) is 3.82. The standard InChI is InChI=1S/C11H9ClFN3O2S/c12-7-1-2-10(14)11(3-7)16-19(17,18)9-4-8(13)5-15-6-9/h1-6,16H,14H2. The molecule has 0 fully saturated rings. The Bertz CT molecular complexity index is 722. The maximum absolute atomic E-state index is 13.0. The highest BCUT2D eigenvalue weighted by Gasteiger charge is 2.16. The number of sulfonamides is 1. The highest BCUT2D eigenvalue weighted by Crippen LogP contribution is 2.25. The summed E-state index contributed by atoms with van der Waals surface area (Å²) in [4.78, 5) is 3.18. The minimum Gasteiger partial charge on any atom is -0.397 e. The normalized spacial score (nSPS) is 11.3. The number of halogens is 2. The van der Waals surface area contributed by atoms with Gasteiger partial charge in [0, 0.05) is 11.2 Å². The first-order chi connectivity index (χ1) is 8.88. The molecule has 1 aromatic heterocycles. The molecule has 0 unspecified atom stereocenters. The van der Waals surface area contributed by atoms with Crippen LogP contribution < -0.4 is 10.5 Å². The van der Waals surface area contributed by atoms with Gasteiger partial charge in [-0.25, -0.2) is 12.8 Å². The number of nitrogens with zero attached hydrogens (tertiary/aromatic N) is 1. The van der Waals surface area contributed by atoms with Crippen molar-refractivity contribution < 1.29 is 12.8 Å². The number of nitrogen functional groups attached to an aromatic ring is 1. The monoisotopic (exact) mass is 301 g/mol. The van der Waals surface area contributed by atoms with Gasteiger partial charge in [-0.3, -0.25) is 9.71 Å². The SMILES string of the molecule is Nc1ccc(Cl)cc1NS(=O)(=O)c1cncc(F)c1. The van der Waals surface area contributed by atoms with Crippen LogP contribution in [0.15, 0.2) is 41.6 Å². The average molecular weight is 302 g/mol. The van der Waals surface area contributed by atoms with Crippen LogP contribution in [0.1, 0.15) is 0 Å². The summed E-state index contributed by atoms with van der Waals surface area (Å²) in [7, 11) is -3.97. The number of pyridine rings is 1. The fourth-order valence-electron chi connectivity index (χ4n) is 1.36. The van der Waals surface area contributed by atoms with Gasteiger partial charge in [0.1, 0.15) is 10.7 Å². The first-order valence-electron chi connectivity index (χ1n) is 5.07.